The summed E-state index contributed by atoms with van der Waals surface area (Å²) in [6.45, 7) is 2.27. The third-order valence-electron chi connectivity index (χ3n) is 2.38. The number of carbonyl (C=O) groups is 1. The molecule has 1 aromatic heterocycles. The van der Waals surface area contributed by atoms with Crippen molar-refractivity contribution in [3.05, 3.63) is 11.9 Å². The average molecular weight is 237 g/mol. The van der Waals surface area contributed by atoms with Crippen LogP contribution in [0.15, 0.2) is 6.07 Å². The zero-order valence-corrected chi connectivity index (χ0v) is 10.7. The zero-order chi connectivity index (χ0) is 12.8. The van der Waals surface area contributed by atoms with Gasteiger partial charge >= 0.3 is 0 Å². The molecule has 17 heavy (non-hydrogen) atoms. The lowest BCUT2D eigenvalue weighted by Gasteiger charge is -2.18. The second kappa shape index (κ2) is 6.03. The van der Waals surface area contributed by atoms with Crippen molar-refractivity contribution in [2.24, 2.45) is 0 Å². The molecule has 0 radical (unpaired) electrons. The number of nitrogens with one attached hydrogen (secondary N) is 2. The van der Waals surface area contributed by atoms with Crippen molar-refractivity contribution in [1.82, 2.24) is 15.3 Å². The number of amides is 1. The number of likely N-dealkylation sites (N-methyl/N-ethyl adjacent to an activating group) is 2. The Balaban J connectivity index is 2.91. The molecule has 0 fully saturated rings. The number of rotatable bonds is 5. The summed E-state index contributed by atoms with van der Waals surface area (Å²) in [6, 6.07) is 1.82. The summed E-state index contributed by atoms with van der Waals surface area (Å²) in [5.41, 5.74) is 0. The fourth-order valence-corrected chi connectivity index (χ4v) is 1.34. The van der Waals surface area contributed by atoms with Crippen LogP contribution in [0.5, 0.6) is 0 Å². The lowest BCUT2D eigenvalue weighted by Crippen LogP contribution is -2.33. The van der Waals surface area contributed by atoms with Gasteiger partial charge in [0.05, 0.1) is 6.54 Å². The molecule has 0 unspecified atom stereocenters. The molecule has 1 aromatic rings. The number of carbonyl (C=O) groups excluding carboxylic acids is 1. The Morgan fingerprint density at radius 3 is 2.65 bits per heavy atom. The predicted molar refractivity (Wildman–Crippen MR) is 68.3 cm³/mol. The van der Waals surface area contributed by atoms with E-state index in [0.29, 0.717) is 0 Å². The van der Waals surface area contributed by atoms with Crippen molar-refractivity contribution in [2.45, 2.75) is 13.3 Å². The highest BCUT2D eigenvalue weighted by Gasteiger charge is 2.09. The molecule has 2 N–H and O–H groups in total. The van der Waals surface area contributed by atoms with Gasteiger partial charge < -0.3 is 15.5 Å². The van der Waals surface area contributed by atoms with E-state index in [2.05, 4.69) is 20.6 Å². The number of nitrogens with zero attached hydrogens (tertiary/aromatic N) is 3. The number of aromatic nitrogens is 2. The van der Waals surface area contributed by atoms with E-state index in [9.17, 15) is 4.79 Å². The van der Waals surface area contributed by atoms with Crippen LogP contribution in [-0.4, -0.2) is 43.6 Å². The lowest BCUT2D eigenvalue weighted by atomic mass is 10.4. The fraction of sp³-hybridized carbons (Fsp3) is 0.545. The van der Waals surface area contributed by atoms with Gasteiger partial charge in [-0.15, -0.1) is 0 Å². The number of aryl methyl sites for hydroxylation is 1. The van der Waals surface area contributed by atoms with E-state index >= 15 is 0 Å². The first-order chi connectivity index (χ1) is 8.10. The molecule has 94 valence electrons. The lowest BCUT2D eigenvalue weighted by molar-refractivity contribution is -0.119. The van der Waals surface area contributed by atoms with Crippen LogP contribution in [0.4, 0.5) is 11.6 Å². The Hall–Kier alpha value is -1.85. The molecule has 0 aromatic carbocycles. The van der Waals surface area contributed by atoms with Crippen LogP contribution < -0.4 is 15.5 Å². The summed E-state index contributed by atoms with van der Waals surface area (Å²) in [5, 5.41) is 5.57. The van der Waals surface area contributed by atoms with Crippen LogP contribution in [0.3, 0.4) is 0 Å². The van der Waals surface area contributed by atoms with E-state index in [1.807, 2.05) is 27.1 Å². The first kappa shape index (κ1) is 13.2. The molecular formula is C11H19N5O. The quantitative estimate of drug-likeness (QED) is 0.769. The minimum Gasteiger partial charge on any atom is -0.373 e. The molecule has 0 aliphatic heterocycles. The first-order valence-electron chi connectivity index (χ1n) is 5.58. The topological polar surface area (TPSA) is 70.2 Å². The van der Waals surface area contributed by atoms with Gasteiger partial charge in [0.1, 0.15) is 17.5 Å². The van der Waals surface area contributed by atoms with Gasteiger partial charge in [0.15, 0.2) is 0 Å². The van der Waals surface area contributed by atoms with Gasteiger partial charge in [-0.1, -0.05) is 6.92 Å². The Labute approximate surface area is 101 Å². The first-order valence-corrected chi connectivity index (χ1v) is 5.58. The molecule has 0 saturated heterocycles. The van der Waals surface area contributed by atoms with Gasteiger partial charge in [-0.25, -0.2) is 9.97 Å². The Kier molecular flexibility index (Phi) is 4.68. The van der Waals surface area contributed by atoms with E-state index in [-0.39, 0.29) is 12.5 Å². The van der Waals surface area contributed by atoms with Crippen molar-refractivity contribution in [3.8, 4) is 0 Å². The maximum Gasteiger partial charge on any atom is 0.239 e. The highest BCUT2D eigenvalue weighted by atomic mass is 16.1. The molecule has 0 aliphatic rings. The van der Waals surface area contributed by atoms with Gasteiger partial charge in [0.25, 0.3) is 0 Å². The third kappa shape index (κ3) is 3.58. The van der Waals surface area contributed by atoms with Crippen molar-refractivity contribution in [3.63, 3.8) is 0 Å². The molecular weight excluding hydrogens is 218 g/mol. The van der Waals surface area contributed by atoms with Crippen LogP contribution in [0, 0.1) is 0 Å². The third-order valence-corrected chi connectivity index (χ3v) is 2.38. The van der Waals surface area contributed by atoms with Crippen LogP contribution in [0.25, 0.3) is 0 Å². The average Bonchev–Trinajstić information content (AvgIpc) is 2.37. The molecule has 0 atom stereocenters. The van der Waals surface area contributed by atoms with Gasteiger partial charge in [-0.05, 0) is 0 Å². The van der Waals surface area contributed by atoms with Crippen molar-refractivity contribution in [1.29, 1.82) is 0 Å². The maximum atomic E-state index is 11.3. The molecule has 0 bridgehead atoms. The molecule has 1 amide bonds. The Morgan fingerprint density at radius 1 is 1.41 bits per heavy atom. The second-order valence-corrected chi connectivity index (χ2v) is 3.66. The molecule has 0 aliphatic carbocycles. The van der Waals surface area contributed by atoms with Crippen molar-refractivity contribution >= 4 is 17.5 Å². The Bertz CT molecular complexity index is 371. The Morgan fingerprint density at radius 2 is 2.12 bits per heavy atom. The highest BCUT2D eigenvalue weighted by molar-refractivity contribution is 5.80. The number of anilines is 2. The van der Waals surface area contributed by atoms with Crippen LogP contribution in [0.2, 0.25) is 0 Å². The number of hydrogen-bond acceptors (Lipinski definition) is 5. The summed E-state index contributed by atoms with van der Waals surface area (Å²) in [4.78, 5) is 21.8. The monoisotopic (exact) mass is 237 g/mol. The molecule has 1 heterocycles. The second-order valence-electron chi connectivity index (χ2n) is 3.66. The largest absolute Gasteiger partial charge is 0.373 e. The maximum absolute atomic E-state index is 11.3. The zero-order valence-electron chi connectivity index (χ0n) is 10.7. The van der Waals surface area contributed by atoms with E-state index in [1.165, 1.54) is 0 Å². The van der Waals surface area contributed by atoms with E-state index in [4.69, 9.17) is 0 Å². The van der Waals surface area contributed by atoms with E-state index in [1.54, 1.807) is 11.9 Å². The summed E-state index contributed by atoms with van der Waals surface area (Å²) in [6.07, 6.45) is 0.760. The smallest absolute Gasteiger partial charge is 0.239 e. The van der Waals surface area contributed by atoms with Crippen molar-refractivity contribution < 1.29 is 4.79 Å². The normalized spacial score (nSPS) is 9.88. The molecule has 6 heteroatoms. The minimum absolute atomic E-state index is 0.0461. The minimum atomic E-state index is -0.0461. The molecule has 1 rings (SSSR count). The predicted octanol–water partition coefficient (Wildman–Crippen LogP) is 0.263. The van der Waals surface area contributed by atoms with Crippen LogP contribution >= 0.6 is 0 Å². The van der Waals surface area contributed by atoms with Gasteiger partial charge in [0, 0.05) is 33.6 Å². The summed E-state index contributed by atoms with van der Waals surface area (Å²) in [5.74, 6) is 2.21. The standard InChI is InChI=1S/C11H19N5O/c1-5-8-14-9(12-2)6-10(15-8)16(4)7-11(17)13-3/h6H,5,7H2,1-4H3,(H,13,17)(H,12,14,15). The molecule has 6 nitrogen and oxygen atoms in total. The van der Waals surface area contributed by atoms with E-state index < -0.39 is 0 Å². The summed E-state index contributed by atoms with van der Waals surface area (Å²) < 4.78 is 0. The molecule has 0 spiro atoms. The highest BCUT2D eigenvalue weighted by Crippen LogP contribution is 2.14. The van der Waals surface area contributed by atoms with Crippen molar-refractivity contribution in [2.75, 3.05) is 37.9 Å². The van der Waals surface area contributed by atoms with Crippen LogP contribution in [0.1, 0.15) is 12.7 Å². The van der Waals surface area contributed by atoms with Gasteiger partial charge in [0.2, 0.25) is 5.91 Å². The summed E-state index contributed by atoms with van der Waals surface area (Å²) in [7, 11) is 5.26. The van der Waals surface area contributed by atoms with E-state index in [0.717, 1.165) is 23.9 Å². The molecule has 0 saturated carbocycles. The number of hydrogen-bond donors (Lipinski definition) is 2. The van der Waals surface area contributed by atoms with Gasteiger partial charge in [-0.2, -0.15) is 0 Å². The van der Waals surface area contributed by atoms with Gasteiger partial charge in [-0.3, -0.25) is 4.79 Å². The summed E-state index contributed by atoms with van der Waals surface area (Å²) >= 11 is 0. The fourth-order valence-electron chi connectivity index (χ4n) is 1.34. The SMILES string of the molecule is CCc1nc(NC)cc(N(C)CC(=O)NC)n1. The van der Waals surface area contributed by atoms with Crippen LogP contribution in [-0.2, 0) is 11.2 Å².